The topological polar surface area (TPSA) is 58.8 Å². The van der Waals surface area contributed by atoms with Crippen LogP contribution >= 0.6 is 12.4 Å². The van der Waals surface area contributed by atoms with Gasteiger partial charge in [-0.2, -0.15) is 0 Å². The molecule has 0 aliphatic carbocycles. The highest BCUT2D eigenvalue weighted by Crippen LogP contribution is 2.31. The maximum absolute atomic E-state index is 12.7. The van der Waals surface area contributed by atoms with Crippen molar-refractivity contribution < 1.29 is 9.53 Å². The Morgan fingerprint density at radius 1 is 1.22 bits per heavy atom. The minimum absolute atomic E-state index is 0. The lowest BCUT2D eigenvalue weighted by Gasteiger charge is -2.32. The summed E-state index contributed by atoms with van der Waals surface area (Å²) in [4.78, 5) is 16.6. The molecule has 3 rings (SSSR count). The molecule has 0 saturated carbocycles. The van der Waals surface area contributed by atoms with E-state index in [2.05, 4.69) is 11.0 Å². The minimum atomic E-state index is 0. The van der Waals surface area contributed by atoms with E-state index in [0.717, 1.165) is 42.1 Å². The summed E-state index contributed by atoms with van der Waals surface area (Å²) in [5, 5.41) is 0. The fraction of sp³-hybridized carbons (Fsp3) is 0.381. The molecular formula is C21H28ClN3O2. The van der Waals surface area contributed by atoms with Crippen molar-refractivity contribution in [3.05, 3.63) is 53.6 Å². The van der Waals surface area contributed by atoms with Crippen LogP contribution in [0.2, 0.25) is 0 Å². The van der Waals surface area contributed by atoms with Crippen molar-refractivity contribution in [1.29, 1.82) is 0 Å². The van der Waals surface area contributed by atoms with Gasteiger partial charge in [-0.15, -0.1) is 12.4 Å². The molecular weight excluding hydrogens is 362 g/mol. The lowest BCUT2D eigenvalue weighted by molar-refractivity contribution is -0.129. The average Bonchev–Trinajstić information content (AvgIpc) is 2.64. The lowest BCUT2D eigenvalue weighted by atomic mass is 10.00. The number of likely N-dealkylation sites (N-methyl/N-ethyl adjacent to an activating group) is 1. The molecule has 0 radical (unpaired) electrons. The maximum atomic E-state index is 12.7. The van der Waals surface area contributed by atoms with Crippen molar-refractivity contribution in [2.75, 3.05) is 37.4 Å². The molecule has 0 fully saturated rings. The second kappa shape index (κ2) is 9.51. The highest BCUT2D eigenvalue weighted by Gasteiger charge is 2.22. The molecule has 1 aliphatic heterocycles. The molecule has 1 heterocycles. The third kappa shape index (κ3) is 5.07. The van der Waals surface area contributed by atoms with Gasteiger partial charge in [0.2, 0.25) is 5.91 Å². The normalized spacial score (nSPS) is 12.7. The van der Waals surface area contributed by atoms with Crippen LogP contribution in [-0.2, 0) is 17.8 Å². The fourth-order valence-electron chi connectivity index (χ4n) is 3.40. The van der Waals surface area contributed by atoms with E-state index in [-0.39, 0.29) is 18.3 Å². The summed E-state index contributed by atoms with van der Waals surface area (Å²) < 4.78 is 5.46. The van der Waals surface area contributed by atoms with Gasteiger partial charge in [-0.1, -0.05) is 18.2 Å². The first-order valence-corrected chi connectivity index (χ1v) is 9.16. The standard InChI is InChI=1S/C21H27N3O2.ClH/c1-3-26-17-11-9-16(10-12-17)14-23(2)21(25)15-24-13-5-6-18-19(22)7-4-8-20(18)24;/h4,7-12H,3,5-6,13-15,22H2,1-2H3;1H. The summed E-state index contributed by atoms with van der Waals surface area (Å²) in [6.07, 6.45) is 2.01. The SMILES string of the molecule is CCOc1ccc(CN(C)C(=O)CN2CCCc3c(N)cccc32)cc1.Cl. The number of nitrogens with zero attached hydrogens (tertiary/aromatic N) is 2. The molecule has 1 amide bonds. The van der Waals surface area contributed by atoms with E-state index in [1.165, 1.54) is 5.56 Å². The number of carbonyl (C=O) groups is 1. The van der Waals surface area contributed by atoms with Crippen LogP contribution in [0.4, 0.5) is 11.4 Å². The molecule has 2 N–H and O–H groups in total. The monoisotopic (exact) mass is 389 g/mol. The maximum Gasteiger partial charge on any atom is 0.242 e. The van der Waals surface area contributed by atoms with E-state index in [1.807, 2.05) is 50.4 Å². The Balaban J connectivity index is 0.00000261. The van der Waals surface area contributed by atoms with E-state index >= 15 is 0 Å². The molecule has 0 atom stereocenters. The highest BCUT2D eigenvalue weighted by atomic mass is 35.5. The van der Waals surface area contributed by atoms with Crippen molar-refractivity contribution in [3.63, 3.8) is 0 Å². The van der Waals surface area contributed by atoms with Crippen molar-refractivity contribution >= 4 is 29.7 Å². The van der Waals surface area contributed by atoms with Crippen LogP contribution in [0.25, 0.3) is 0 Å². The smallest absolute Gasteiger partial charge is 0.242 e. The summed E-state index contributed by atoms with van der Waals surface area (Å²) in [6.45, 7) is 4.47. The number of anilines is 2. The Hall–Kier alpha value is -2.40. The van der Waals surface area contributed by atoms with Gasteiger partial charge in [0.15, 0.2) is 0 Å². The van der Waals surface area contributed by atoms with E-state index in [9.17, 15) is 4.79 Å². The van der Waals surface area contributed by atoms with Gasteiger partial charge in [0, 0.05) is 31.5 Å². The Morgan fingerprint density at radius 2 is 1.96 bits per heavy atom. The van der Waals surface area contributed by atoms with E-state index in [0.29, 0.717) is 19.7 Å². The van der Waals surface area contributed by atoms with Crippen molar-refractivity contribution in [2.45, 2.75) is 26.3 Å². The highest BCUT2D eigenvalue weighted by molar-refractivity contribution is 5.85. The van der Waals surface area contributed by atoms with Crippen LogP contribution < -0.4 is 15.4 Å². The van der Waals surface area contributed by atoms with Crippen molar-refractivity contribution in [2.24, 2.45) is 0 Å². The number of carbonyl (C=O) groups excluding carboxylic acids is 1. The zero-order valence-electron chi connectivity index (χ0n) is 16.0. The van der Waals surface area contributed by atoms with Gasteiger partial charge in [0.25, 0.3) is 0 Å². The largest absolute Gasteiger partial charge is 0.494 e. The number of hydrogen-bond acceptors (Lipinski definition) is 4. The third-order valence-electron chi connectivity index (χ3n) is 4.79. The molecule has 6 heteroatoms. The van der Waals surface area contributed by atoms with E-state index < -0.39 is 0 Å². The van der Waals surface area contributed by atoms with E-state index in [1.54, 1.807) is 4.90 Å². The summed E-state index contributed by atoms with van der Waals surface area (Å²) in [5.41, 5.74) is 10.3. The Morgan fingerprint density at radius 3 is 2.67 bits per heavy atom. The summed E-state index contributed by atoms with van der Waals surface area (Å²) in [5.74, 6) is 0.960. The van der Waals surface area contributed by atoms with Gasteiger partial charge in [-0.25, -0.2) is 0 Å². The van der Waals surface area contributed by atoms with Gasteiger partial charge in [0.05, 0.1) is 13.2 Å². The van der Waals surface area contributed by atoms with Crippen LogP contribution in [0, 0.1) is 0 Å². The van der Waals surface area contributed by atoms with Gasteiger partial charge in [0.1, 0.15) is 5.75 Å². The Bertz CT molecular complexity index is 765. The van der Waals surface area contributed by atoms with Crippen LogP contribution in [0.15, 0.2) is 42.5 Å². The second-order valence-corrected chi connectivity index (χ2v) is 6.70. The second-order valence-electron chi connectivity index (χ2n) is 6.70. The number of rotatable bonds is 6. The zero-order chi connectivity index (χ0) is 18.5. The Labute approximate surface area is 167 Å². The first-order valence-electron chi connectivity index (χ1n) is 9.16. The predicted molar refractivity (Wildman–Crippen MR) is 113 cm³/mol. The Kier molecular flexibility index (Phi) is 7.36. The summed E-state index contributed by atoms with van der Waals surface area (Å²) >= 11 is 0. The number of benzene rings is 2. The van der Waals surface area contributed by atoms with Crippen LogP contribution in [0.1, 0.15) is 24.5 Å². The molecule has 27 heavy (non-hydrogen) atoms. The van der Waals surface area contributed by atoms with E-state index in [4.69, 9.17) is 10.5 Å². The molecule has 0 bridgehead atoms. The van der Waals surface area contributed by atoms with Crippen molar-refractivity contribution in [1.82, 2.24) is 4.90 Å². The molecule has 5 nitrogen and oxygen atoms in total. The van der Waals surface area contributed by atoms with Gasteiger partial charge in [-0.3, -0.25) is 4.79 Å². The molecule has 2 aromatic carbocycles. The molecule has 0 unspecified atom stereocenters. The van der Waals surface area contributed by atoms with Gasteiger partial charge >= 0.3 is 0 Å². The summed E-state index contributed by atoms with van der Waals surface area (Å²) in [6, 6.07) is 13.9. The average molecular weight is 390 g/mol. The number of nitrogen functional groups attached to an aromatic ring is 1. The van der Waals surface area contributed by atoms with Crippen LogP contribution in [-0.4, -0.2) is 37.6 Å². The van der Waals surface area contributed by atoms with Gasteiger partial charge < -0.3 is 20.3 Å². The lowest BCUT2D eigenvalue weighted by Crippen LogP contribution is -2.40. The molecule has 2 aromatic rings. The quantitative estimate of drug-likeness (QED) is 0.768. The first kappa shape index (κ1) is 20.9. The molecule has 0 aromatic heterocycles. The number of ether oxygens (including phenoxy) is 1. The number of halogens is 1. The number of hydrogen-bond donors (Lipinski definition) is 1. The third-order valence-corrected chi connectivity index (χ3v) is 4.79. The predicted octanol–water partition coefficient (Wildman–Crippen LogP) is 3.50. The van der Waals surface area contributed by atoms with Crippen molar-refractivity contribution in [3.8, 4) is 5.75 Å². The zero-order valence-corrected chi connectivity index (χ0v) is 16.8. The van der Waals surface area contributed by atoms with Crippen LogP contribution in [0.5, 0.6) is 5.75 Å². The number of fused-ring (bicyclic) bond motifs is 1. The fourth-order valence-corrected chi connectivity index (χ4v) is 3.40. The van der Waals surface area contributed by atoms with Crippen LogP contribution in [0.3, 0.4) is 0 Å². The number of amides is 1. The first-order chi connectivity index (χ1) is 12.6. The summed E-state index contributed by atoms with van der Waals surface area (Å²) in [7, 11) is 1.85. The van der Waals surface area contributed by atoms with Gasteiger partial charge in [-0.05, 0) is 55.2 Å². The molecule has 146 valence electrons. The molecule has 1 aliphatic rings. The number of nitrogens with two attached hydrogens (primary N) is 1. The molecule has 0 spiro atoms. The molecule has 0 saturated heterocycles. The minimum Gasteiger partial charge on any atom is -0.494 e.